The number of carbonyl (C=O) groups is 3. The first-order valence-electron chi connectivity index (χ1n) is 18.1. The quantitative estimate of drug-likeness (QED) is 0.146. The van der Waals surface area contributed by atoms with E-state index in [1.165, 1.54) is 0 Å². The highest BCUT2D eigenvalue weighted by atomic mass is 28.4. The van der Waals surface area contributed by atoms with Gasteiger partial charge in [0.05, 0.1) is 31.7 Å². The second-order valence-electron chi connectivity index (χ2n) is 15.0. The number of rotatable bonds is 10. The van der Waals surface area contributed by atoms with Crippen LogP contribution in [0.2, 0.25) is 11.4 Å². The zero-order chi connectivity index (χ0) is 37.2. The lowest BCUT2D eigenvalue weighted by atomic mass is 9.58. The van der Waals surface area contributed by atoms with Gasteiger partial charge in [0.25, 0.3) is 8.32 Å². The van der Waals surface area contributed by atoms with Crippen molar-refractivity contribution in [1.82, 2.24) is 4.90 Å². The van der Waals surface area contributed by atoms with Gasteiger partial charge in [-0.1, -0.05) is 118 Å². The van der Waals surface area contributed by atoms with E-state index in [2.05, 4.69) is 52.0 Å². The Hall–Kier alpha value is -4.29. The summed E-state index contributed by atoms with van der Waals surface area (Å²) >= 11 is 0. The monoisotopic (exact) mass is 721 g/mol. The van der Waals surface area contributed by atoms with Gasteiger partial charge in [0.1, 0.15) is 5.75 Å². The van der Waals surface area contributed by atoms with Crippen LogP contribution in [0.25, 0.3) is 6.08 Å². The highest BCUT2D eigenvalue weighted by molar-refractivity contribution is 6.99. The largest absolute Gasteiger partial charge is 0.507 e. The van der Waals surface area contributed by atoms with Crippen LogP contribution in [0.5, 0.6) is 5.75 Å². The summed E-state index contributed by atoms with van der Waals surface area (Å²) < 4.78 is 18.6. The van der Waals surface area contributed by atoms with Crippen LogP contribution in [0.3, 0.4) is 0 Å². The topological polar surface area (TPSA) is 123 Å². The molecule has 2 saturated heterocycles. The number of imide groups is 3. The Morgan fingerprint density at radius 3 is 2.15 bits per heavy atom. The van der Waals surface area contributed by atoms with Crippen molar-refractivity contribution in [2.24, 2.45) is 17.8 Å². The van der Waals surface area contributed by atoms with Crippen molar-refractivity contribution in [1.29, 1.82) is 0 Å². The lowest BCUT2D eigenvalue weighted by Crippen LogP contribution is -2.66. The third-order valence-corrected chi connectivity index (χ3v) is 16.0. The summed E-state index contributed by atoms with van der Waals surface area (Å²) in [6.07, 6.45) is 2.59. The molecule has 2 aliphatic heterocycles. The van der Waals surface area contributed by atoms with Gasteiger partial charge in [-0.15, -0.1) is 0 Å². The number of aromatic hydroxyl groups is 1. The number of ether oxygens (including phenoxy) is 1. The van der Waals surface area contributed by atoms with Crippen LogP contribution < -0.4 is 10.4 Å². The number of fused-ring (bicyclic) bond motifs is 3. The molecule has 3 amide bonds. The predicted molar refractivity (Wildman–Crippen MR) is 203 cm³/mol. The van der Waals surface area contributed by atoms with Crippen molar-refractivity contribution >= 4 is 49.8 Å². The molecule has 0 radical (unpaired) electrons. The molecule has 52 heavy (non-hydrogen) atoms. The third kappa shape index (κ3) is 6.94. The SMILES string of the molecule is CC/C(=C\c1ccccc1O)CC[C@H]1OB(O)C[C@H]2C1=C(CO[Si](c1ccccc1)(c1ccccc1)C(C)(C)C)C[C@H]1C(=O)N(C(=O)OC)C(=O)[C@H]12. The second-order valence-corrected chi connectivity index (χ2v) is 19.3. The number of hydrogen-bond acceptors (Lipinski definition) is 8. The van der Waals surface area contributed by atoms with Gasteiger partial charge in [0, 0.05) is 5.56 Å². The van der Waals surface area contributed by atoms with Crippen LogP contribution in [0.1, 0.15) is 58.9 Å². The van der Waals surface area contributed by atoms with Crippen molar-refractivity contribution in [3.05, 3.63) is 107 Å². The number of phenolic OH excluding ortho intramolecular Hbond substituents is 1. The number of allylic oxidation sites excluding steroid dienone is 1. The molecule has 0 saturated carbocycles. The molecule has 3 aromatic carbocycles. The number of para-hydroxylation sites is 1. The molecular weight excluding hydrogens is 673 g/mol. The minimum absolute atomic E-state index is 0.109. The minimum atomic E-state index is -3.01. The summed E-state index contributed by atoms with van der Waals surface area (Å²) in [5.41, 5.74) is 3.55. The van der Waals surface area contributed by atoms with Gasteiger partial charge in [-0.3, -0.25) is 9.59 Å². The van der Waals surface area contributed by atoms with Crippen molar-refractivity contribution in [2.75, 3.05) is 13.7 Å². The normalized spacial score (nSPS) is 22.4. The number of benzene rings is 3. The average molecular weight is 722 g/mol. The van der Waals surface area contributed by atoms with E-state index in [9.17, 15) is 24.5 Å². The van der Waals surface area contributed by atoms with E-state index in [0.29, 0.717) is 17.7 Å². The summed E-state index contributed by atoms with van der Waals surface area (Å²) in [5.74, 6) is -3.15. The van der Waals surface area contributed by atoms with Gasteiger partial charge >= 0.3 is 13.2 Å². The Balaban J connectivity index is 1.44. The number of hydrogen-bond donors (Lipinski definition) is 2. The predicted octanol–water partition coefficient (Wildman–Crippen LogP) is 6.11. The molecule has 3 aliphatic rings. The molecule has 2 fully saturated rings. The molecule has 6 rings (SSSR count). The fourth-order valence-electron chi connectivity index (χ4n) is 8.62. The van der Waals surface area contributed by atoms with Crippen molar-refractivity contribution < 1.29 is 38.3 Å². The standard InChI is InChI=1S/C41H48BNO8Si/c1-6-27(23-28-15-13-14-20-34(28)44)21-22-35-36-29(24-32-37(33(36)25-42(48)51-35)39(46)43(38(32)45)40(47)49-5)26-50-52(41(2,3)4,30-16-9-7-10-17-30)31-18-11-8-12-19-31/h7-20,23,32-33,35,37,44,48H,6,21-22,24-26H2,1-5H3/b27-23+/t32-,33+,35-,37-/m1/s1. The zero-order valence-corrected chi connectivity index (χ0v) is 31.6. The molecule has 1 aliphatic carbocycles. The third-order valence-electron chi connectivity index (χ3n) is 11.0. The van der Waals surface area contributed by atoms with Crippen molar-refractivity contribution in [3.8, 4) is 5.75 Å². The van der Waals surface area contributed by atoms with Gasteiger partial charge in [-0.05, 0) is 70.5 Å². The molecule has 2 heterocycles. The summed E-state index contributed by atoms with van der Waals surface area (Å²) in [6.45, 7) is 8.86. The molecule has 4 atom stereocenters. The number of methoxy groups -OCH3 is 1. The highest BCUT2D eigenvalue weighted by Crippen LogP contribution is 2.51. The first-order chi connectivity index (χ1) is 24.9. The van der Waals surface area contributed by atoms with E-state index in [1.807, 2.05) is 54.6 Å². The van der Waals surface area contributed by atoms with Gasteiger partial charge in [0.2, 0.25) is 11.8 Å². The van der Waals surface area contributed by atoms with E-state index in [1.54, 1.807) is 12.1 Å². The van der Waals surface area contributed by atoms with E-state index < -0.39 is 57.2 Å². The molecule has 0 aromatic heterocycles. The van der Waals surface area contributed by atoms with Gasteiger partial charge in [-0.25, -0.2) is 4.79 Å². The molecule has 0 bridgehead atoms. The Morgan fingerprint density at radius 1 is 0.962 bits per heavy atom. The first-order valence-corrected chi connectivity index (χ1v) is 20.1. The molecule has 2 N–H and O–H groups in total. The highest BCUT2D eigenvalue weighted by Gasteiger charge is 2.59. The summed E-state index contributed by atoms with van der Waals surface area (Å²) in [5, 5.41) is 23.5. The fraction of sp³-hybridized carbons (Fsp3) is 0.390. The van der Waals surface area contributed by atoms with Crippen LogP contribution in [0, 0.1) is 17.8 Å². The second kappa shape index (κ2) is 15.4. The number of carbonyl (C=O) groups excluding carboxylic acids is 3. The maximum absolute atomic E-state index is 13.9. The summed E-state index contributed by atoms with van der Waals surface area (Å²) in [4.78, 5) is 41.1. The number of amides is 3. The fourth-order valence-corrected chi connectivity index (χ4v) is 13.2. The van der Waals surface area contributed by atoms with Crippen molar-refractivity contribution in [3.63, 3.8) is 0 Å². The van der Waals surface area contributed by atoms with Gasteiger partial charge in [-0.2, -0.15) is 4.90 Å². The maximum atomic E-state index is 13.9. The van der Waals surface area contributed by atoms with E-state index in [4.69, 9.17) is 13.8 Å². The smallest absolute Gasteiger partial charge is 0.455 e. The zero-order valence-electron chi connectivity index (χ0n) is 30.6. The molecule has 0 spiro atoms. The Bertz CT molecular complexity index is 1820. The van der Waals surface area contributed by atoms with Gasteiger partial charge < -0.3 is 23.9 Å². The molecule has 11 heteroatoms. The van der Waals surface area contributed by atoms with Crippen molar-refractivity contribution in [2.45, 2.75) is 70.8 Å². The summed E-state index contributed by atoms with van der Waals surface area (Å²) in [6, 6.07) is 27.8. The van der Waals surface area contributed by atoms with Crippen LogP contribution >= 0.6 is 0 Å². The summed E-state index contributed by atoms with van der Waals surface area (Å²) in [7, 11) is -3.03. The van der Waals surface area contributed by atoms with Crippen LogP contribution in [-0.2, 0) is 23.4 Å². The molecule has 3 aromatic rings. The number of phenols is 1. The Morgan fingerprint density at radius 2 is 1.58 bits per heavy atom. The first kappa shape index (κ1) is 37.5. The Kier molecular flexibility index (Phi) is 11.1. The lowest BCUT2D eigenvalue weighted by molar-refractivity contribution is -0.137. The molecule has 0 unspecified atom stereocenters. The number of nitrogens with zero attached hydrogens (tertiary/aromatic N) is 1. The number of likely N-dealkylation sites (tertiary alicyclic amines) is 1. The average Bonchev–Trinajstić information content (AvgIpc) is 3.39. The van der Waals surface area contributed by atoms with Crippen LogP contribution in [0.15, 0.2) is 102 Å². The molecule has 9 nitrogen and oxygen atoms in total. The van der Waals surface area contributed by atoms with E-state index in [0.717, 1.165) is 46.2 Å². The van der Waals surface area contributed by atoms with Gasteiger partial charge in [0.15, 0.2) is 0 Å². The van der Waals surface area contributed by atoms with E-state index in [-0.39, 0.29) is 30.1 Å². The van der Waals surface area contributed by atoms with Crippen LogP contribution in [-0.4, -0.2) is 68.2 Å². The minimum Gasteiger partial charge on any atom is -0.507 e. The lowest BCUT2D eigenvalue weighted by Gasteiger charge is -2.46. The molecular formula is C41H48BNO8Si. The molecule has 272 valence electrons. The van der Waals surface area contributed by atoms with E-state index >= 15 is 0 Å². The maximum Gasteiger partial charge on any atom is 0.455 e. The Labute approximate surface area is 307 Å². The van der Waals surface area contributed by atoms with Crippen LogP contribution in [0.4, 0.5) is 4.79 Å².